The van der Waals surface area contributed by atoms with E-state index in [1.54, 1.807) is 0 Å². The van der Waals surface area contributed by atoms with Crippen LogP contribution < -0.4 is 0 Å². The van der Waals surface area contributed by atoms with E-state index >= 15 is 0 Å². The first-order valence-corrected chi connectivity index (χ1v) is 3.13. The number of carbonyl (C=O) groups is 2. The molecule has 0 fully saturated rings. The molecule has 0 spiro atoms. The number of hydrogen-bond acceptors (Lipinski definition) is 3. The van der Waals surface area contributed by atoms with Crippen LogP contribution >= 0.6 is 11.6 Å². The number of aliphatic hydroxyl groups excluding tert-OH is 1. The second kappa shape index (κ2) is 3.98. The van der Waals surface area contributed by atoms with E-state index in [1.165, 1.54) is 6.92 Å². The molecule has 11 heavy (non-hydrogen) atoms. The van der Waals surface area contributed by atoms with Crippen LogP contribution in [0.25, 0.3) is 0 Å². The number of ketones is 1. The summed E-state index contributed by atoms with van der Waals surface area (Å²) in [5, 5.41) is 16.3. The van der Waals surface area contributed by atoms with Crippen molar-refractivity contribution in [3.05, 3.63) is 10.8 Å². The van der Waals surface area contributed by atoms with Gasteiger partial charge in [-0.25, -0.2) is 4.79 Å². The van der Waals surface area contributed by atoms with Gasteiger partial charge in [-0.1, -0.05) is 11.6 Å². The van der Waals surface area contributed by atoms with Crippen LogP contribution in [0.1, 0.15) is 13.3 Å². The molecular formula is C6H7ClO4. The van der Waals surface area contributed by atoms with Crippen LogP contribution in [0.4, 0.5) is 0 Å². The lowest BCUT2D eigenvalue weighted by Gasteiger charge is -1.96. The van der Waals surface area contributed by atoms with E-state index in [1.807, 2.05) is 0 Å². The summed E-state index contributed by atoms with van der Waals surface area (Å²) in [6.45, 7) is 1.22. The number of carboxylic acid groups (broad SMARTS) is 1. The van der Waals surface area contributed by atoms with Gasteiger partial charge in [0.15, 0.2) is 5.03 Å². The average molecular weight is 179 g/mol. The van der Waals surface area contributed by atoms with Gasteiger partial charge in [0.1, 0.15) is 11.5 Å². The zero-order chi connectivity index (χ0) is 9.02. The van der Waals surface area contributed by atoms with Crippen LogP contribution in [0.3, 0.4) is 0 Å². The molecule has 0 atom stereocenters. The molecule has 62 valence electrons. The van der Waals surface area contributed by atoms with Crippen molar-refractivity contribution in [2.24, 2.45) is 0 Å². The molecule has 0 unspecified atom stereocenters. The van der Waals surface area contributed by atoms with Gasteiger partial charge < -0.3 is 10.2 Å². The molecule has 5 heteroatoms. The van der Waals surface area contributed by atoms with E-state index < -0.39 is 16.8 Å². The van der Waals surface area contributed by atoms with Gasteiger partial charge in [0, 0.05) is 0 Å². The largest absolute Gasteiger partial charge is 0.510 e. The zero-order valence-corrected chi connectivity index (χ0v) is 6.55. The van der Waals surface area contributed by atoms with Crippen LogP contribution in [0, 0.1) is 0 Å². The summed E-state index contributed by atoms with van der Waals surface area (Å²) in [7, 11) is 0. The topological polar surface area (TPSA) is 74.6 Å². The summed E-state index contributed by atoms with van der Waals surface area (Å²) >= 11 is 5.09. The van der Waals surface area contributed by atoms with Gasteiger partial charge in [-0.05, 0) is 6.92 Å². The summed E-state index contributed by atoms with van der Waals surface area (Å²) in [4.78, 5) is 20.4. The third-order valence-corrected chi connectivity index (χ3v) is 1.24. The summed E-state index contributed by atoms with van der Waals surface area (Å²) in [5.41, 5.74) is 0. The first-order chi connectivity index (χ1) is 4.95. The molecule has 0 aliphatic heterocycles. The second-order valence-electron chi connectivity index (χ2n) is 1.94. The Hall–Kier alpha value is -1.03. The van der Waals surface area contributed by atoms with Crippen LogP contribution in [-0.4, -0.2) is 22.0 Å². The summed E-state index contributed by atoms with van der Waals surface area (Å²) in [5.74, 6) is -2.39. The number of carboxylic acids is 1. The van der Waals surface area contributed by atoms with E-state index in [0.717, 1.165) is 0 Å². The minimum atomic E-state index is -1.44. The molecule has 0 rings (SSSR count). The monoisotopic (exact) mass is 178 g/mol. The van der Waals surface area contributed by atoms with Crippen molar-refractivity contribution < 1.29 is 19.8 Å². The number of aliphatic carboxylic acids is 1. The molecule has 4 nitrogen and oxygen atoms in total. The fourth-order valence-corrected chi connectivity index (χ4v) is 0.504. The molecular weight excluding hydrogens is 172 g/mol. The quantitative estimate of drug-likeness (QED) is 0.501. The smallest absolute Gasteiger partial charge is 0.350 e. The zero-order valence-electron chi connectivity index (χ0n) is 5.80. The predicted octanol–water partition coefficient (Wildman–Crippen LogP) is 1.06. The SMILES string of the molecule is CC(=O)C/C(O)=C(\Cl)C(=O)O. The highest BCUT2D eigenvalue weighted by Crippen LogP contribution is 2.10. The van der Waals surface area contributed by atoms with E-state index in [-0.39, 0.29) is 12.2 Å². The Bertz CT molecular complexity index is 219. The lowest BCUT2D eigenvalue weighted by atomic mass is 10.2. The van der Waals surface area contributed by atoms with Crippen LogP contribution in [-0.2, 0) is 9.59 Å². The number of carbonyl (C=O) groups excluding carboxylic acids is 1. The molecule has 0 saturated heterocycles. The van der Waals surface area contributed by atoms with Crippen molar-refractivity contribution in [3.63, 3.8) is 0 Å². The van der Waals surface area contributed by atoms with Crippen molar-refractivity contribution >= 4 is 23.4 Å². The summed E-state index contributed by atoms with van der Waals surface area (Å²) < 4.78 is 0. The summed E-state index contributed by atoms with van der Waals surface area (Å²) in [6.07, 6.45) is -0.342. The van der Waals surface area contributed by atoms with Gasteiger partial charge in [0.25, 0.3) is 0 Å². The maximum atomic E-state index is 10.3. The minimum absolute atomic E-state index is 0.342. The maximum absolute atomic E-state index is 10.3. The number of Topliss-reactive ketones (excluding diaryl/α,β-unsaturated/α-hetero) is 1. The third-order valence-electron chi connectivity index (χ3n) is 0.858. The van der Waals surface area contributed by atoms with Crippen molar-refractivity contribution in [1.82, 2.24) is 0 Å². The van der Waals surface area contributed by atoms with Gasteiger partial charge in [-0.15, -0.1) is 0 Å². The molecule has 0 aromatic heterocycles. The Morgan fingerprint density at radius 1 is 1.36 bits per heavy atom. The van der Waals surface area contributed by atoms with Crippen molar-refractivity contribution in [1.29, 1.82) is 0 Å². The highest BCUT2D eigenvalue weighted by Gasteiger charge is 2.11. The molecule has 0 bridgehead atoms. The maximum Gasteiger partial charge on any atom is 0.350 e. The molecule has 0 aliphatic rings. The van der Waals surface area contributed by atoms with Crippen molar-refractivity contribution in [3.8, 4) is 0 Å². The van der Waals surface area contributed by atoms with E-state index in [2.05, 4.69) is 0 Å². The Kier molecular flexibility index (Phi) is 3.60. The van der Waals surface area contributed by atoms with Gasteiger partial charge in [-0.3, -0.25) is 4.79 Å². The lowest BCUT2D eigenvalue weighted by molar-refractivity contribution is -0.132. The Balaban J connectivity index is 4.40. The Morgan fingerprint density at radius 2 is 1.82 bits per heavy atom. The summed E-state index contributed by atoms with van der Waals surface area (Å²) in [6, 6.07) is 0. The third kappa shape index (κ3) is 3.62. The van der Waals surface area contributed by atoms with Crippen LogP contribution in [0.5, 0.6) is 0 Å². The molecule has 0 aliphatic carbocycles. The fourth-order valence-electron chi connectivity index (χ4n) is 0.437. The number of rotatable bonds is 3. The molecule has 0 saturated carbocycles. The van der Waals surface area contributed by atoms with Crippen molar-refractivity contribution in [2.75, 3.05) is 0 Å². The predicted molar refractivity (Wildman–Crippen MR) is 38.4 cm³/mol. The normalized spacial score (nSPS) is 12.2. The number of hydrogen-bond donors (Lipinski definition) is 2. The van der Waals surface area contributed by atoms with Gasteiger partial charge >= 0.3 is 5.97 Å². The Labute approximate surface area is 68.1 Å². The first kappa shape index (κ1) is 9.97. The highest BCUT2D eigenvalue weighted by molar-refractivity contribution is 6.41. The standard InChI is InChI=1S/C6H7ClO4/c1-3(8)2-4(9)5(7)6(10)11/h9H,2H2,1H3,(H,10,11)/b5-4+. The van der Waals surface area contributed by atoms with Gasteiger partial charge in [-0.2, -0.15) is 0 Å². The molecule has 0 aromatic rings. The molecule has 0 heterocycles. The molecule has 0 aromatic carbocycles. The fraction of sp³-hybridized carbons (Fsp3) is 0.333. The number of allylic oxidation sites excluding steroid dienone is 1. The number of aliphatic hydroxyl groups is 1. The van der Waals surface area contributed by atoms with E-state index in [4.69, 9.17) is 21.8 Å². The molecule has 0 radical (unpaired) electrons. The van der Waals surface area contributed by atoms with Crippen LogP contribution in [0.2, 0.25) is 0 Å². The highest BCUT2D eigenvalue weighted by atomic mass is 35.5. The van der Waals surface area contributed by atoms with Gasteiger partial charge in [0.05, 0.1) is 6.42 Å². The number of halogens is 1. The molecule has 2 N–H and O–H groups in total. The van der Waals surface area contributed by atoms with E-state index in [0.29, 0.717) is 0 Å². The van der Waals surface area contributed by atoms with E-state index in [9.17, 15) is 9.59 Å². The second-order valence-corrected chi connectivity index (χ2v) is 2.32. The minimum Gasteiger partial charge on any atom is -0.510 e. The van der Waals surface area contributed by atoms with Crippen molar-refractivity contribution in [2.45, 2.75) is 13.3 Å². The average Bonchev–Trinajstić information content (AvgIpc) is 1.84. The first-order valence-electron chi connectivity index (χ1n) is 2.75. The van der Waals surface area contributed by atoms with Crippen LogP contribution in [0.15, 0.2) is 10.8 Å². The Morgan fingerprint density at radius 3 is 2.09 bits per heavy atom. The lowest BCUT2D eigenvalue weighted by Crippen LogP contribution is -2.02. The molecule has 0 amide bonds. The van der Waals surface area contributed by atoms with Gasteiger partial charge in [0.2, 0.25) is 0 Å².